The Morgan fingerprint density at radius 3 is 2.70 bits per heavy atom. The molecule has 0 aromatic carbocycles. The van der Waals surface area contributed by atoms with Gasteiger partial charge in [-0.1, -0.05) is 6.92 Å². The van der Waals surface area contributed by atoms with E-state index >= 15 is 0 Å². The van der Waals surface area contributed by atoms with Crippen molar-refractivity contribution in [3.8, 4) is 10.7 Å². The van der Waals surface area contributed by atoms with Gasteiger partial charge in [0.25, 0.3) is 0 Å². The Bertz CT molecular complexity index is 633. The number of carbonyl (C=O) groups is 1. The number of aryl methyl sites for hydroxylation is 1. The van der Waals surface area contributed by atoms with E-state index in [0.29, 0.717) is 23.6 Å². The number of hydrogen-bond donors (Lipinski definition) is 1. The Balaban J connectivity index is 2.53. The molecule has 5 nitrogen and oxygen atoms in total. The summed E-state index contributed by atoms with van der Waals surface area (Å²) in [5, 5.41) is 12.8. The molecular weight excluding hydrogens is 295 g/mol. The van der Waals surface area contributed by atoms with Gasteiger partial charge in [-0.05, 0) is 12.5 Å². The van der Waals surface area contributed by atoms with Crippen LogP contribution >= 0.6 is 11.3 Å². The van der Waals surface area contributed by atoms with Gasteiger partial charge in [0.15, 0.2) is 5.69 Å². The van der Waals surface area contributed by atoms with Gasteiger partial charge in [-0.2, -0.15) is 18.3 Å². The van der Waals surface area contributed by atoms with Crippen molar-refractivity contribution in [1.82, 2.24) is 14.8 Å². The molecule has 0 fully saturated rings. The van der Waals surface area contributed by atoms with Crippen LogP contribution in [0, 0.1) is 0 Å². The van der Waals surface area contributed by atoms with Crippen LogP contribution in [-0.4, -0.2) is 25.8 Å². The number of aromatic carboxylic acids is 1. The third-order valence-electron chi connectivity index (χ3n) is 2.46. The van der Waals surface area contributed by atoms with Crippen molar-refractivity contribution in [1.29, 1.82) is 0 Å². The first-order chi connectivity index (χ1) is 9.34. The molecule has 9 heteroatoms. The zero-order chi connectivity index (χ0) is 14.9. The minimum absolute atomic E-state index is 0.000625. The largest absolute Gasteiger partial charge is 0.477 e. The monoisotopic (exact) mass is 305 g/mol. The number of halogens is 3. The van der Waals surface area contributed by atoms with E-state index in [9.17, 15) is 18.0 Å². The summed E-state index contributed by atoms with van der Waals surface area (Å²) < 4.78 is 39.8. The van der Waals surface area contributed by atoms with E-state index in [4.69, 9.17) is 5.11 Å². The van der Waals surface area contributed by atoms with Crippen LogP contribution in [0.15, 0.2) is 12.3 Å². The lowest BCUT2D eigenvalue weighted by Crippen LogP contribution is -2.11. The van der Waals surface area contributed by atoms with E-state index in [1.807, 2.05) is 6.92 Å². The quantitative estimate of drug-likeness (QED) is 0.942. The molecule has 0 unspecified atom stereocenters. The number of thiazole rings is 1. The molecule has 108 valence electrons. The highest BCUT2D eigenvalue weighted by molar-refractivity contribution is 7.17. The van der Waals surface area contributed by atoms with E-state index in [1.54, 1.807) is 0 Å². The summed E-state index contributed by atoms with van der Waals surface area (Å²) >= 11 is 0.501. The maximum absolute atomic E-state index is 12.8. The van der Waals surface area contributed by atoms with Crippen molar-refractivity contribution in [3.63, 3.8) is 0 Å². The molecule has 0 amide bonds. The Labute approximate surface area is 115 Å². The highest BCUT2D eigenvalue weighted by atomic mass is 32.1. The van der Waals surface area contributed by atoms with Crippen LogP contribution in [0.2, 0.25) is 0 Å². The summed E-state index contributed by atoms with van der Waals surface area (Å²) in [4.78, 5) is 13.5. The Morgan fingerprint density at radius 2 is 2.20 bits per heavy atom. The molecule has 0 bridgehead atoms. The van der Waals surface area contributed by atoms with Crippen molar-refractivity contribution in [3.05, 3.63) is 22.8 Å². The lowest BCUT2D eigenvalue weighted by atomic mass is 10.3. The van der Waals surface area contributed by atoms with Crippen molar-refractivity contribution in [2.45, 2.75) is 26.1 Å². The number of nitrogens with zero attached hydrogens (tertiary/aromatic N) is 3. The van der Waals surface area contributed by atoms with Crippen molar-refractivity contribution >= 4 is 17.3 Å². The van der Waals surface area contributed by atoms with Crippen molar-refractivity contribution < 1.29 is 23.1 Å². The van der Waals surface area contributed by atoms with Crippen LogP contribution < -0.4 is 0 Å². The van der Waals surface area contributed by atoms with Gasteiger partial charge in [0, 0.05) is 12.7 Å². The average Bonchev–Trinajstić information content (AvgIpc) is 2.93. The fourth-order valence-electron chi connectivity index (χ4n) is 1.67. The van der Waals surface area contributed by atoms with Crippen LogP contribution in [0.5, 0.6) is 0 Å². The zero-order valence-electron chi connectivity index (χ0n) is 10.3. The second-order valence-electron chi connectivity index (χ2n) is 3.94. The number of rotatable bonds is 4. The molecule has 0 spiro atoms. The highest BCUT2D eigenvalue weighted by Crippen LogP contribution is 2.37. The minimum atomic E-state index is -4.79. The van der Waals surface area contributed by atoms with Crippen LogP contribution in [0.1, 0.15) is 28.7 Å². The summed E-state index contributed by atoms with van der Waals surface area (Å²) in [6.45, 7) is 2.42. The van der Waals surface area contributed by atoms with Crippen LogP contribution in [-0.2, 0) is 12.7 Å². The van der Waals surface area contributed by atoms with Gasteiger partial charge >= 0.3 is 12.1 Å². The number of carboxylic acids is 1. The molecule has 0 atom stereocenters. The van der Waals surface area contributed by atoms with Crippen molar-refractivity contribution in [2.24, 2.45) is 0 Å². The SMILES string of the molecule is CCCn1nccc1-c1nc(C(F)(F)F)c(C(=O)O)s1. The standard InChI is InChI=1S/C11H10F3N3O2S/c1-2-5-17-6(3-4-15-17)9-16-8(11(12,13)14)7(20-9)10(18)19/h3-4H,2,5H2,1H3,(H,18,19). The molecule has 0 aliphatic heterocycles. The smallest absolute Gasteiger partial charge is 0.435 e. The summed E-state index contributed by atoms with van der Waals surface area (Å²) in [5.41, 5.74) is -0.982. The topological polar surface area (TPSA) is 68.0 Å². The van der Waals surface area contributed by atoms with Gasteiger partial charge in [-0.15, -0.1) is 11.3 Å². The molecule has 2 rings (SSSR count). The molecule has 1 N–H and O–H groups in total. The van der Waals surface area contributed by atoms with Crippen LogP contribution in [0.3, 0.4) is 0 Å². The first kappa shape index (κ1) is 14.5. The number of carboxylic acid groups (broad SMARTS) is 1. The molecule has 0 aliphatic carbocycles. The van der Waals surface area contributed by atoms with Crippen molar-refractivity contribution in [2.75, 3.05) is 0 Å². The maximum Gasteiger partial charge on any atom is 0.435 e. The lowest BCUT2D eigenvalue weighted by molar-refractivity contribution is -0.141. The van der Waals surface area contributed by atoms with Gasteiger partial charge in [0.05, 0.1) is 5.69 Å². The van der Waals surface area contributed by atoms with Gasteiger partial charge in [-0.3, -0.25) is 4.68 Å². The molecule has 2 aromatic heterocycles. The van der Waals surface area contributed by atoms with Crippen LogP contribution in [0.4, 0.5) is 13.2 Å². The molecule has 0 aliphatic rings. The molecule has 2 heterocycles. The summed E-state index contributed by atoms with van der Waals surface area (Å²) in [7, 11) is 0. The fourth-order valence-corrected chi connectivity index (χ4v) is 2.62. The summed E-state index contributed by atoms with van der Waals surface area (Å²) in [5.74, 6) is -1.64. The fraction of sp³-hybridized carbons (Fsp3) is 0.364. The van der Waals surface area contributed by atoms with E-state index in [2.05, 4.69) is 10.1 Å². The number of alkyl halides is 3. The maximum atomic E-state index is 12.8. The number of aromatic nitrogens is 3. The molecule has 0 radical (unpaired) electrons. The molecule has 0 saturated carbocycles. The number of hydrogen-bond acceptors (Lipinski definition) is 4. The van der Waals surface area contributed by atoms with E-state index in [0.717, 1.165) is 6.42 Å². The van der Waals surface area contributed by atoms with Gasteiger partial charge in [0.1, 0.15) is 9.88 Å². The van der Waals surface area contributed by atoms with E-state index in [-0.39, 0.29) is 5.01 Å². The zero-order valence-corrected chi connectivity index (χ0v) is 11.1. The van der Waals surface area contributed by atoms with Crippen LogP contribution in [0.25, 0.3) is 10.7 Å². The molecule has 2 aromatic rings. The second-order valence-corrected chi connectivity index (χ2v) is 4.94. The predicted molar refractivity (Wildman–Crippen MR) is 65.6 cm³/mol. The minimum Gasteiger partial charge on any atom is -0.477 e. The van der Waals surface area contributed by atoms with E-state index in [1.165, 1.54) is 16.9 Å². The molecule has 0 saturated heterocycles. The van der Waals surface area contributed by atoms with E-state index < -0.39 is 22.7 Å². The molecule has 20 heavy (non-hydrogen) atoms. The normalized spacial score (nSPS) is 11.8. The predicted octanol–water partition coefficient (Wildman–Crippen LogP) is 3.13. The van der Waals surface area contributed by atoms with Gasteiger partial charge < -0.3 is 5.11 Å². The Kier molecular flexibility index (Phi) is 3.80. The average molecular weight is 305 g/mol. The second kappa shape index (κ2) is 5.23. The Hall–Kier alpha value is -1.90. The third-order valence-corrected chi connectivity index (χ3v) is 3.53. The summed E-state index contributed by atoms with van der Waals surface area (Å²) in [6.07, 6.45) is -2.60. The molecular formula is C11H10F3N3O2S. The van der Waals surface area contributed by atoms with Gasteiger partial charge in [-0.25, -0.2) is 9.78 Å². The highest BCUT2D eigenvalue weighted by Gasteiger charge is 2.40. The third kappa shape index (κ3) is 2.67. The van der Waals surface area contributed by atoms with Gasteiger partial charge in [0.2, 0.25) is 0 Å². The lowest BCUT2D eigenvalue weighted by Gasteiger charge is -2.03. The Morgan fingerprint density at radius 1 is 1.50 bits per heavy atom. The summed E-state index contributed by atoms with van der Waals surface area (Å²) in [6, 6.07) is 1.51. The first-order valence-corrected chi connectivity index (χ1v) is 6.49. The first-order valence-electron chi connectivity index (χ1n) is 5.68.